The molecule has 2 N–H and O–H groups in total. The summed E-state index contributed by atoms with van der Waals surface area (Å²) in [6.07, 6.45) is 0.848. The lowest BCUT2D eigenvalue weighted by Crippen LogP contribution is -2.26. The highest BCUT2D eigenvalue weighted by atomic mass is 19.2. The molecule has 1 aromatic carbocycles. The minimum Gasteiger partial charge on any atom is -0.396 e. The number of carbonyl (C=O) groups excluding carboxylic acids is 1. The van der Waals surface area contributed by atoms with E-state index in [9.17, 15) is 13.6 Å². The van der Waals surface area contributed by atoms with Gasteiger partial charge in [0.1, 0.15) is 0 Å². The lowest BCUT2D eigenvalue weighted by molar-refractivity contribution is 0.0244. The zero-order chi connectivity index (χ0) is 13.1. The smallest absolute Gasteiger partial charge is 0.277 e. The molecule has 1 aliphatic carbocycles. The second-order valence-electron chi connectivity index (χ2n) is 4.28. The highest BCUT2D eigenvalue weighted by Crippen LogP contribution is 2.37. The Labute approximate surface area is 103 Å². The average Bonchev–Trinajstić information content (AvgIpc) is 3.11. The van der Waals surface area contributed by atoms with Gasteiger partial charge in [-0.05, 0) is 30.4 Å². The Morgan fingerprint density at radius 1 is 1.44 bits per heavy atom. The van der Waals surface area contributed by atoms with Crippen LogP contribution < -0.4 is 5.48 Å². The molecular formula is C12H13F2NO3. The molecule has 0 spiro atoms. The summed E-state index contributed by atoms with van der Waals surface area (Å²) >= 11 is 0. The largest absolute Gasteiger partial charge is 0.396 e. The van der Waals surface area contributed by atoms with Crippen LogP contribution in [0.15, 0.2) is 18.2 Å². The minimum absolute atomic E-state index is 0.0977. The summed E-state index contributed by atoms with van der Waals surface area (Å²) in [6, 6.07) is 3.35. The first-order valence-corrected chi connectivity index (χ1v) is 5.60. The molecule has 1 aromatic rings. The average molecular weight is 257 g/mol. The number of aliphatic hydroxyl groups is 1. The summed E-state index contributed by atoms with van der Waals surface area (Å²) in [5, 5.41) is 8.80. The third-order valence-corrected chi connectivity index (χ3v) is 2.96. The van der Waals surface area contributed by atoms with Crippen molar-refractivity contribution in [2.75, 3.05) is 13.2 Å². The van der Waals surface area contributed by atoms with E-state index in [4.69, 9.17) is 9.94 Å². The van der Waals surface area contributed by atoms with Gasteiger partial charge in [0.25, 0.3) is 5.91 Å². The van der Waals surface area contributed by atoms with E-state index < -0.39 is 23.1 Å². The maximum atomic E-state index is 13.2. The van der Waals surface area contributed by atoms with Crippen molar-refractivity contribution in [3.05, 3.63) is 35.4 Å². The van der Waals surface area contributed by atoms with Gasteiger partial charge in [-0.2, -0.15) is 0 Å². The number of nitrogens with one attached hydrogen (secondary N) is 1. The summed E-state index contributed by atoms with van der Waals surface area (Å²) in [7, 11) is 0. The van der Waals surface area contributed by atoms with Gasteiger partial charge < -0.3 is 5.11 Å². The van der Waals surface area contributed by atoms with Crippen LogP contribution in [0, 0.1) is 23.5 Å². The van der Waals surface area contributed by atoms with E-state index >= 15 is 0 Å². The lowest BCUT2D eigenvalue weighted by atomic mass is 10.2. The molecule has 1 fully saturated rings. The number of hydrogen-bond donors (Lipinski definition) is 2. The van der Waals surface area contributed by atoms with Crippen molar-refractivity contribution >= 4 is 5.91 Å². The SMILES string of the molecule is O=C(NOCC1CC1CO)c1cccc(F)c1F. The Bertz CT molecular complexity index is 453. The standard InChI is InChI=1S/C12H13F2NO3/c13-10-3-1-2-9(11(10)14)12(17)15-18-6-8-4-7(8)5-16/h1-3,7-8,16H,4-6H2,(H,15,17). The van der Waals surface area contributed by atoms with Gasteiger partial charge in [-0.15, -0.1) is 0 Å². The second kappa shape index (κ2) is 5.41. The number of rotatable bonds is 5. The van der Waals surface area contributed by atoms with E-state index in [1.165, 1.54) is 12.1 Å². The topological polar surface area (TPSA) is 58.6 Å². The Morgan fingerprint density at radius 2 is 2.22 bits per heavy atom. The van der Waals surface area contributed by atoms with Gasteiger partial charge in [0, 0.05) is 6.61 Å². The van der Waals surface area contributed by atoms with Crippen LogP contribution >= 0.6 is 0 Å². The molecule has 1 amide bonds. The molecule has 6 heteroatoms. The van der Waals surface area contributed by atoms with Crippen LogP contribution in [0.25, 0.3) is 0 Å². The molecule has 1 aliphatic rings. The van der Waals surface area contributed by atoms with Crippen LogP contribution in [-0.4, -0.2) is 24.2 Å². The van der Waals surface area contributed by atoms with Crippen molar-refractivity contribution in [2.45, 2.75) is 6.42 Å². The van der Waals surface area contributed by atoms with Crippen molar-refractivity contribution in [1.29, 1.82) is 0 Å². The van der Waals surface area contributed by atoms with E-state index in [0.717, 1.165) is 12.5 Å². The van der Waals surface area contributed by atoms with Crippen LogP contribution in [-0.2, 0) is 4.84 Å². The minimum atomic E-state index is -1.20. The number of aliphatic hydroxyl groups excluding tert-OH is 1. The number of carbonyl (C=O) groups is 1. The second-order valence-corrected chi connectivity index (χ2v) is 4.28. The van der Waals surface area contributed by atoms with Crippen molar-refractivity contribution < 1.29 is 23.5 Å². The Balaban J connectivity index is 1.83. The summed E-state index contributed by atoms with van der Waals surface area (Å²) in [5.74, 6) is -2.67. The van der Waals surface area contributed by atoms with E-state index in [1.807, 2.05) is 0 Å². The molecule has 0 aliphatic heterocycles. The molecule has 18 heavy (non-hydrogen) atoms. The van der Waals surface area contributed by atoms with Crippen LogP contribution in [0.4, 0.5) is 8.78 Å². The fraction of sp³-hybridized carbons (Fsp3) is 0.417. The predicted octanol–water partition coefficient (Wildman–Crippen LogP) is 1.25. The number of hydrogen-bond acceptors (Lipinski definition) is 3. The monoisotopic (exact) mass is 257 g/mol. The fourth-order valence-corrected chi connectivity index (χ4v) is 1.69. The first-order valence-electron chi connectivity index (χ1n) is 5.60. The molecule has 2 rings (SSSR count). The number of amides is 1. The lowest BCUT2D eigenvalue weighted by Gasteiger charge is -2.06. The zero-order valence-electron chi connectivity index (χ0n) is 9.53. The maximum Gasteiger partial charge on any atom is 0.277 e. The molecule has 0 heterocycles. The van der Waals surface area contributed by atoms with Gasteiger partial charge in [0.15, 0.2) is 11.6 Å². The highest BCUT2D eigenvalue weighted by molar-refractivity contribution is 5.93. The number of hydroxylamine groups is 1. The van der Waals surface area contributed by atoms with E-state index in [2.05, 4.69) is 5.48 Å². The first kappa shape index (κ1) is 12.9. The van der Waals surface area contributed by atoms with Gasteiger partial charge in [0.05, 0.1) is 12.2 Å². The molecule has 1 saturated carbocycles. The van der Waals surface area contributed by atoms with Crippen molar-refractivity contribution in [2.24, 2.45) is 11.8 Å². The van der Waals surface area contributed by atoms with Crippen molar-refractivity contribution in [3.63, 3.8) is 0 Å². The van der Waals surface area contributed by atoms with Crippen molar-refractivity contribution in [3.8, 4) is 0 Å². The molecule has 4 nitrogen and oxygen atoms in total. The summed E-state index contributed by atoms with van der Waals surface area (Å²) < 4.78 is 26.1. The summed E-state index contributed by atoms with van der Waals surface area (Å²) in [6.45, 7) is 0.356. The Kier molecular flexibility index (Phi) is 3.88. The normalized spacial score (nSPS) is 21.7. The predicted molar refractivity (Wildman–Crippen MR) is 58.5 cm³/mol. The first-order chi connectivity index (χ1) is 8.63. The van der Waals surface area contributed by atoms with E-state index in [0.29, 0.717) is 0 Å². The third-order valence-electron chi connectivity index (χ3n) is 2.96. The summed E-state index contributed by atoms with van der Waals surface area (Å²) in [5.41, 5.74) is 1.66. The molecule has 0 saturated heterocycles. The maximum absolute atomic E-state index is 13.2. The number of benzene rings is 1. The van der Waals surface area contributed by atoms with Gasteiger partial charge in [-0.1, -0.05) is 6.07 Å². The molecule has 0 bridgehead atoms. The fourth-order valence-electron chi connectivity index (χ4n) is 1.69. The van der Waals surface area contributed by atoms with Crippen LogP contribution in [0.2, 0.25) is 0 Å². The quantitative estimate of drug-likeness (QED) is 0.781. The molecule has 0 radical (unpaired) electrons. The Hall–Kier alpha value is -1.53. The molecule has 98 valence electrons. The van der Waals surface area contributed by atoms with Crippen molar-refractivity contribution in [1.82, 2.24) is 5.48 Å². The van der Waals surface area contributed by atoms with Gasteiger partial charge >= 0.3 is 0 Å². The van der Waals surface area contributed by atoms with Gasteiger partial charge in [-0.25, -0.2) is 14.3 Å². The van der Waals surface area contributed by atoms with Crippen LogP contribution in [0.1, 0.15) is 16.8 Å². The Morgan fingerprint density at radius 3 is 2.89 bits per heavy atom. The third kappa shape index (κ3) is 2.83. The molecule has 2 atom stereocenters. The van der Waals surface area contributed by atoms with E-state index in [1.54, 1.807) is 0 Å². The van der Waals surface area contributed by atoms with Crippen LogP contribution in [0.3, 0.4) is 0 Å². The molecular weight excluding hydrogens is 244 g/mol. The molecule has 0 aromatic heterocycles. The van der Waals surface area contributed by atoms with E-state index in [-0.39, 0.29) is 25.0 Å². The zero-order valence-corrected chi connectivity index (χ0v) is 9.53. The summed E-state index contributed by atoms with van der Waals surface area (Å²) in [4.78, 5) is 16.4. The van der Waals surface area contributed by atoms with Crippen LogP contribution in [0.5, 0.6) is 0 Å². The number of halogens is 2. The highest BCUT2D eigenvalue weighted by Gasteiger charge is 2.36. The van der Waals surface area contributed by atoms with Gasteiger partial charge in [-0.3, -0.25) is 9.63 Å². The van der Waals surface area contributed by atoms with Gasteiger partial charge in [0.2, 0.25) is 0 Å². The molecule has 2 unspecified atom stereocenters.